The average Bonchev–Trinajstić information content (AvgIpc) is 3.10. The standard InChI is InChI=1S/C17H17ClN4O/c18-14-4-2-1-3-13(14)15(23)11-22-16(17-20-9-10-21-17)12-5-7-19-8-6-12/h1-10,15-16,22-23H,11H2,(H,20,21). The molecule has 6 heteroatoms. The molecule has 0 fully saturated rings. The predicted molar refractivity (Wildman–Crippen MR) is 89.1 cm³/mol. The monoisotopic (exact) mass is 328 g/mol. The second kappa shape index (κ2) is 7.37. The number of nitrogens with one attached hydrogen (secondary N) is 2. The number of nitrogens with zero attached hydrogens (tertiary/aromatic N) is 2. The lowest BCUT2D eigenvalue weighted by atomic mass is 10.1. The molecule has 23 heavy (non-hydrogen) atoms. The van der Waals surface area contributed by atoms with Crippen molar-refractivity contribution in [3.63, 3.8) is 0 Å². The Morgan fingerprint density at radius 3 is 2.61 bits per heavy atom. The highest BCUT2D eigenvalue weighted by Gasteiger charge is 2.19. The van der Waals surface area contributed by atoms with Crippen molar-refractivity contribution in [2.75, 3.05) is 6.54 Å². The predicted octanol–water partition coefficient (Wildman–Crippen LogP) is 2.87. The highest BCUT2D eigenvalue weighted by molar-refractivity contribution is 6.31. The van der Waals surface area contributed by atoms with Crippen LogP contribution in [-0.2, 0) is 0 Å². The molecule has 0 saturated carbocycles. The smallest absolute Gasteiger partial charge is 0.127 e. The van der Waals surface area contributed by atoms with Crippen molar-refractivity contribution in [3.05, 3.63) is 83.2 Å². The van der Waals surface area contributed by atoms with Gasteiger partial charge in [-0.3, -0.25) is 4.98 Å². The van der Waals surface area contributed by atoms with E-state index in [0.717, 1.165) is 11.4 Å². The lowest BCUT2D eigenvalue weighted by Gasteiger charge is -2.20. The Bertz CT molecular complexity index is 733. The van der Waals surface area contributed by atoms with E-state index in [2.05, 4.69) is 20.3 Å². The lowest BCUT2D eigenvalue weighted by molar-refractivity contribution is 0.171. The minimum Gasteiger partial charge on any atom is -0.387 e. The third-order valence-electron chi connectivity index (χ3n) is 3.61. The second-order valence-electron chi connectivity index (χ2n) is 5.13. The van der Waals surface area contributed by atoms with Crippen LogP contribution in [0.2, 0.25) is 5.02 Å². The van der Waals surface area contributed by atoms with Gasteiger partial charge < -0.3 is 15.4 Å². The maximum Gasteiger partial charge on any atom is 0.127 e. The summed E-state index contributed by atoms with van der Waals surface area (Å²) in [6, 6.07) is 11.0. The third kappa shape index (κ3) is 3.76. The molecule has 3 N–H and O–H groups in total. The van der Waals surface area contributed by atoms with Crippen LogP contribution in [0.3, 0.4) is 0 Å². The molecule has 0 bridgehead atoms. The fraction of sp³-hybridized carbons (Fsp3) is 0.176. The van der Waals surface area contributed by atoms with E-state index in [1.54, 1.807) is 30.9 Å². The van der Waals surface area contributed by atoms with Gasteiger partial charge in [0.15, 0.2) is 0 Å². The van der Waals surface area contributed by atoms with E-state index in [9.17, 15) is 5.11 Å². The molecule has 5 nitrogen and oxygen atoms in total. The van der Waals surface area contributed by atoms with E-state index in [-0.39, 0.29) is 6.04 Å². The van der Waals surface area contributed by atoms with Crippen molar-refractivity contribution in [1.29, 1.82) is 0 Å². The van der Waals surface area contributed by atoms with Crippen molar-refractivity contribution in [1.82, 2.24) is 20.3 Å². The number of H-pyrrole nitrogens is 1. The number of aliphatic hydroxyl groups excluding tert-OH is 1. The summed E-state index contributed by atoms with van der Waals surface area (Å²) in [5.74, 6) is 0.780. The van der Waals surface area contributed by atoms with Crippen LogP contribution in [0.15, 0.2) is 61.2 Å². The fourth-order valence-corrected chi connectivity index (χ4v) is 2.71. The van der Waals surface area contributed by atoms with E-state index in [1.807, 2.05) is 30.3 Å². The number of benzene rings is 1. The molecule has 2 heterocycles. The molecule has 0 spiro atoms. The molecule has 2 unspecified atom stereocenters. The van der Waals surface area contributed by atoms with Gasteiger partial charge >= 0.3 is 0 Å². The van der Waals surface area contributed by atoms with Crippen LogP contribution < -0.4 is 5.32 Å². The van der Waals surface area contributed by atoms with Gasteiger partial charge in [-0.1, -0.05) is 29.8 Å². The minimum absolute atomic E-state index is 0.162. The highest BCUT2D eigenvalue weighted by Crippen LogP contribution is 2.24. The molecule has 0 aliphatic carbocycles. The van der Waals surface area contributed by atoms with E-state index in [1.165, 1.54) is 0 Å². The molecule has 2 aromatic heterocycles. The summed E-state index contributed by atoms with van der Waals surface area (Å²) >= 11 is 6.14. The Morgan fingerprint density at radius 2 is 1.91 bits per heavy atom. The molecule has 3 rings (SSSR count). The van der Waals surface area contributed by atoms with Crippen molar-refractivity contribution in [3.8, 4) is 0 Å². The van der Waals surface area contributed by atoms with Crippen LogP contribution in [0.25, 0.3) is 0 Å². The van der Waals surface area contributed by atoms with E-state index >= 15 is 0 Å². The molecule has 118 valence electrons. The number of aliphatic hydroxyl groups is 1. The van der Waals surface area contributed by atoms with Gasteiger partial charge in [-0.25, -0.2) is 4.98 Å². The number of aromatic amines is 1. The zero-order valence-electron chi connectivity index (χ0n) is 12.4. The maximum absolute atomic E-state index is 10.4. The van der Waals surface area contributed by atoms with Crippen LogP contribution in [0, 0.1) is 0 Å². The molecule has 0 saturated heterocycles. The van der Waals surface area contributed by atoms with Crippen LogP contribution in [0.1, 0.15) is 29.1 Å². The fourth-order valence-electron chi connectivity index (χ4n) is 2.45. The summed E-state index contributed by atoms with van der Waals surface area (Å²) in [5.41, 5.74) is 1.72. The molecule has 0 aliphatic rings. The van der Waals surface area contributed by atoms with Gasteiger partial charge in [-0.15, -0.1) is 0 Å². The van der Waals surface area contributed by atoms with Gasteiger partial charge in [0.25, 0.3) is 0 Å². The van der Waals surface area contributed by atoms with Crippen molar-refractivity contribution >= 4 is 11.6 Å². The molecule has 3 aromatic rings. The van der Waals surface area contributed by atoms with Gasteiger partial charge in [-0.2, -0.15) is 0 Å². The van der Waals surface area contributed by atoms with Crippen LogP contribution in [0.4, 0.5) is 0 Å². The highest BCUT2D eigenvalue weighted by atomic mass is 35.5. The number of pyridine rings is 1. The number of halogens is 1. The third-order valence-corrected chi connectivity index (χ3v) is 3.96. The Kier molecular flexibility index (Phi) is 5.02. The molecule has 0 amide bonds. The molecule has 0 radical (unpaired) electrons. The molecule has 1 aromatic carbocycles. The normalized spacial score (nSPS) is 13.7. The zero-order chi connectivity index (χ0) is 16.1. The first-order chi connectivity index (χ1) is 11.3. The first-order valence-electron chi connectivity index (χ1n) is 7.31. The molecular weight excluding hydrogens is 312 g/mol. The Hall–Kier alpha value is -2.21. The van der Waals surface area contributed by atoms with E-state index < -0.39 is 6.10 Å². The first kappa shape index (κ1) is 15.7. The second-order valence-corrected chi connectivity index (χ2v) is 5.54. The van der Waals surface area contributed by atoms with E-state index in [0.29, 0.717) is 17.1 Å². The zero-order valence-corrected chi connectivity index (χ0v) is 13.1. The van der Waals surface area contributed by atoms with Gasteiger partial charge in [0, 0.05) is 41.9 Å². The summed E-state index contributed by atoms with van der Waals surface area (Å²) in [7, 11) is 0. The number of imidazole rings is 1. The summed E-state index contributed by atoms with van der Waals surface area (Å²) in [6.45, 7) is 0.345. The number of aromatic nitrogens is 3. The number of hydrogen-bond donors (Lipinski definition) is 3. The Morgan fingerprint density at radius 1 is 1.13 bits per heavy atom. The Labute approximate surface area is 139 Å². The SMILES string of the molecule is OC(CNC(c1ccncc1)c1ncc[nH]1)c1ccccc1Cl. The maximum atomic E-state index is 10.4. The van der Waals surface area contributed by atoms with E-state index in [4.69, 9.17) is 11.6 Å². The van der Waals surface area contributed by atoms with Gasteiger partial charge in [0.2, 0.25) is 0 Å². The summed E-state index contributed by atoms with van der Waals surface area (Å²) in [6.07, 6.45) is 6.24. The largest absolute Gasteiger partial charge is 0.387 e. The van der Waals surface area contributed by atoms with Crippen LogP contribution in [-0.4, -0.2) is 26.6 Å². The lowest BCUT2D eigenvalue weighted by Crippen LogP contribution is -2.28. The minimum atomic E-state index is -0.706. The van der Waals surface area contributed by atoms with Crippen LogP contribution in [0.5, 0.6) is 0 Å². The van der Waals surface area contributed by atoms with Crippen molar-refractivity contribution in [2.45, 2.75) is 12.1 Å². The van der Waals surface area contributed by atoms with Crippen LogP contribution >= 0.6 is 11.6 Å². The molecule has 2 atom stereocenters. The van der Waals surface area contributed by atoms with Crippen molar-refractivity contribution in [2.24, 2.45) is 0 Å². The number of hydrogen-bond acceptors (Lipinski definition) is 4. The topological polar surface area (TPSA) is 73.8 Å². The van der Waals surface area contributed by atoms with Crippen molar-refractivity contribution < 1.29 is 5.11 Å². The summed E-state index contributed by atoms with van der Waals surface area (Å²) < 4.78 is 0. The van der Waals surface area contributed by atoms with Gasteiger partial charge in [0.05, 0.1) is 12.1 Å². The quantitative estimate of drug-likeness (QED) is 0.650. The number of rotatable bonds is 6. The van der Waals surface area contributed by atoms with Gasteiger partial charge in [0.1, 0.15) is 5.82 Å². The first-order valence-corrected chi connectivity index (χ1v) is 7.68. The summed E-state index contributed by atoms with van der Waals surface area (Å²) in [4.78, 5) is 11.5. The Balaban J connectivity index is 1.76. The average molecular weight is 329 g/mol. The molecule has 0 aliphatic heterocycles. The molecular formula is C17H17ClN4O. The summed E-state index contributed by atoms with van der Waals surface area (Å²) in [5, 5.41) is 14.3. The van der Waals surface area contributed by atoms with Gasteiger partial charge in [-0.05, 0) is 23.8 Å².